The lowest BCUT2D eigenvalue weighted by Gasteiger charge is -1.94. The summed E-state index contributed by atoms with van der Waals surface area (Å²) in [4.78, 5) is 0. The van der Waals surface area contributed by atoms with Gasteiger partial charge in [0.25, 0.3) is 0 Å². The number of aromatic hydroxyl groups is 1. The van der Waals surface area contributed by atoms with Gasteiger partial charge in [-0.25, -0.2) is 0 Å². The molecular weight excluding hydrogens is 196 g/mol. The Morgan fingerprint density at radius 1 is 1.07 bits per heavy atom. The van der Waals surface area contributed by atoms with E-state index in [1.54, 1.807) is 6.07 Å². The predicted octanol–water partition coefficient (Wildman–Crippen LogP) is 0.688. The van der Waals surface area contributed by atoms with E-state index in [0.29, 0.717) is 19.0 Å². The van der Waals surface area contributed by atoms with E-state index in [4.69, 9.17) is 15.3 Å². The number of rotatable bonds is 4. The number of hydrogen-bond acceptors (Lipinski definition) is 4. The lowest BCUT2D eigenvalue weighted by molar-refractivity contribution is 0.0650. The molecule has 0 aromatic heterocycles. The molecule has 0 fully saturated rings. The van der Waals surface area contributed by atoms with E-state index in [1.165, 1.54) is 0 Å². The summed E-state index contributed by atoms with van der Waals surface area (Å²) in [5, 5.41) is 25.1. The molecule has 1 aromatic carbocycles. The Bertz CT molecular complexity index is 225. The summed E-state index contributed by atoms with van der Waals surface area (Å²) in [7, 11) is 0. The van der Waals surface area contributed by atoms with Crippen LogP contribution in [-0.2, 0) is 4.74 Å². The smallest absolute Gasteiger partial charge is 0.118 e. The highest BCUT2D eigenvalue weighted by Crippen LogP contribution is 2.12. The molecule has 1 rings (SSSR count). The molecule has 86 valence electrons. The molecule has 0 atom stereocenters. The molecule has 4 heteroatoms. The molecule has 0 bridgehead atoms. The van der Waals surface area contributed by atoms with Gasteiger partial charge in [-0.3, -0.25) is 0 Å². The third-order valence-corrected chi connectivity index (χ3v) is 1.59. The molecule has 0 spiro atoms. The van der Waals surface area contributed by atoms with E-state index >= 15 is 0 Å². The number of phenolic OH excluding ortho intramolecular Hbond substituents is 1. The number of aryl methyl sites for hydroxylation is 1. The third-order valence-electron chi connectivity index (χ3n) is 1.59. The van der Waals surface area contributed by atoms with Crippen LogP contribution in [0.2, 0.25) is 0 Å². The Kier molecular flexibility index (Phi) is 8.76. The van der Waals surface area contributed by atoms with Gasteiger partial charge in [0.1, 0.15) is 5.75 Å². The van der Waals surface area contributed by atoms with Crippen LogP contribution in [0.3, 0.4) is 0 Å². The molecule has 1 aromatic rings. The van der Waals surface area contributed by atoms with Crippen molar-refractivity contribution in [2.75, 3.05) is 26.4 Å². The van der Waals surface area contributed by atoms with Gasteiger partial charge < -0.3 is 20.1 Å². The summed E-state index contributed by atoms with van der Waals surface area (Å²) in [5.41, 5.74) is 0.924. The Morgan fingerprint density at radius 3 is 1.93 bits per heavy atom. The summed E-state index contributed by atoms with van der Waals surface area (Å²) in [6.07, 6.45) is 0. The number of benzene rings is 1. The van der Waals surface area contributed by atoms with E-state index < -0.39 is 0 Å². The monoisotopic (exact) mass is 214 g/mol. The molecule has 0 saturated carbocycles. The van der Waals surface area contributed by atoms with Crippen LogP contribution in [0.5, 0.6) is 5.75 Å². The number of ether oxygens (including phenoxy) is 1. The molecule has 0 aliphatic heterocycles. The highest BCUT2D eigenvalue weighted by Gasteiger charge is 1.87. The maximum atomic E-state index is 8.92. The second-order valence-electron chi connectivity index (χ2n) is 2.85. The van der Waals surface area contributed by atoms with Gasteiger partial charge in [0.2, 0.25) is 0 Å². The van der Waals surface area contributed by atoms with Crippen molar-refractivity contribution in [2.45, 2.75) is 6.92 Å². The molecule has 15 heavy (non-hydrogen) atoms. The zero-order valence-corrected chi connectivity index (χ0v) is 8.89. The first-order valence-corrected chi connectivity index (χ1v) is 4.76. The molecule has 3 N–H and O–H groups in total. The van der Waals surface area contributed by atoms with Gasteiger partial charge in [0.05, 0.1) is 26.4 Å². The zero-order chi connectivity index (χ0) is 11.5. The van der Waals surface area contributed by atoms with Crippen LogP contribution in [0.4, 0.5) is 0 Å². The van der Waals surface area contributed by atoms with Gasteiger partial charge in [-0.05, 0) is 18.6 Å². The molecule has 0 aliphatic carbocycles. The predicted molar refractivity (Wildman–Crippen MR) is 57.8 cm³/mol. The van der Waals surface area contributed by atoms with Crippen LogP contribution < -0.4 is 0 Å². The fourth-order valence-electron chi connectivity index (χ4n) is 0.795. The highest BCUT2D eigenvalue weighted by molar-refractivity contribution is 5.29. The van der Waals surface area contributed by atoms with Crippen molar-refractivity contribution in [2.24, 2.45) is 0 Å². The van der Waals surface area contributed by atoms with Crippen LogP contribution >= 0.6 is 0 Å². The van der Waals surface area contributed by atoms with E-state index in [0.717, 1.165) is 5.56 Å². The maximum Gasteiger partial charge on any atom is 0.118 e. The summed E-state index contributed by atoms with van der Waals surface area (Å²) in [5.74, 6) is 0.368. The molecule has 0 radical (unpaired) electrons. The quantitative estimate of drug-likeness (QED) is 0.645. The maximum absolute atomic E-state index is 8.92. The first-order chi connectivity index (χ1) is 7.22. The molecule has 0 aliphatic rings. The van der Waals surface area contributed by atoms with Gasteiger partial charge >= 0.3 is 0 Å². The van der Waals surface area contributed by atoms with Crippen molar-refractivity contribution >= 4 is 0 Å². The highest BCUT2D eigenvalue weighted by atomic mass is 16.5. The van der Waals surface area contributed by atoms with E-state index in [-0.39, 0.29) is 13.2 Å². The lowest BCUT2D eigenvalue weighted by Crippen LogP contribution is -2.03. The number of para-hydroxylation sites is 1. The first-order valence-electron chi connectivity index (χ1n) is 4.76. The average molecular weight is 214 g/mol. The van der Waals surface area contributed by atoms with Gasteiger partial charge in [-0.15, -0.1) is 0 Å². The van der Waals surface area contributed by atoms with Gasteiger partial charge in [0, 0.05) is 0 Å². The van der Waals surface area contributed by atoms with Gasteiger partial charge in [-0.2, -0.15) is 0 Å². The van der Waals surface area contributed by atoms with Crippen molar-refractivity contribution in [3.63, 3.8) is 0 Å². The van der Waals surface area contributed by atoms with Crippen LogP contribution in [0.25, 0.3) is 0 Å². The Hall–Kier alpha value is -1.10. The summed E-state index contributed by atoms with van der Waals surface area (Å²) in [6.45, 7) is 2.57. The molecule has 0 unspecified atom stereocenters. The standard InChI is InChI=1S/C7H8O.C4H10O3/c1-6-4-2-3-5-7(6)8;5-1-3-7-4-2-6/h2-5,8H,1H3;5-6H,1-4H2. The topological polar surface area (TPSA) is 69.9 Å². The minimum Gasteiger partial charge on any atom is -0.508 e. The number of phenols is 1. The Labute approximate surface area is 89.8 Å². The fraction of sp³-hybridized carbons (Fsp3) is 0.455. The molecule has 0 amide bonds. The van der Waals surface area contributed by atoms with Crippen LogP contribution in [0.15, 0.2) is 24.3 Å². The molecule has 0 saturated heterocycles. The van der Waals surface area contributed by atoms with Crippen molar-refractivity contribution < 1.29 is 20.1 Å². The molecule has 4 nitrogen and oxygen atoms in total. The summed E-state index contributed by atoms with van der Waals surface area (Å²) in [6, 6.07) is 7.25. The van der Waals surface area contributed by atoms with Crippen LogP contribution in [-0.4, -0.2) is 41.7 Å². The largest absolute Gasteiger partial charge is 0.508 e. The zero-order valence-electron chi connectivity index (χ0n) is 8.89. The summed E-state index contributed by atoms with van der Waals surface area (Å²) < 4.78 is 4.63. The van der Waals surface area contributed by atoms with E-state index in [9.17, 15) is 0 Å². The number of aliphatic hydroxyl groups excluding tert-OH is 2. The van der Waals surface area contributed by atoms with Crippen molar-refractivity contribution in [3.05, 3.63) is 29.8 Å². The van der Waals surface area contributed by atoms with Gasteiger partial charge in [0.15, 0.2) is 0 Å². The number of aliphatic hydroxyl groups is 2. The minimum absolute atomic E-state index is 0.0278. The van der Waals surface area contributed by atoms with Gasteiger partial charge in [-0.1, -0.05) is 18.2 Å². The second kappa shape index (κ2) is 9.45. The minimum atomic E-state index is 0.0278. The van der Waals surface area contributed by atoms with Crippen molar-refractivity contribution in [3.8, 4) is 5.75 Å². The first kappa shape index (κ1) is 13.9. The SMILES string of the molecule is Cc1ccccc1O.OCCOCCO. The average Bonchev–Trinajstić information content (AvgIpc) is 2.24. The van der Waals surface area contributed by atoms with Crippen molar-refractivity contribution in [1.82, 2.24) is 0 Å². The lowest BCUT2D eigenvalue weighted by atomic mass is 10.2. The Morgan fingerprint density at radius 2 is 1.60 bits per heavy atom. The molecular formula is C11H18O4. The number of hydrogen-bond donors (Lipinski definition) is 3. The molecule has 0 heterocycles. The fourth-order valence-corrected chi connectivity index (χ4v) is 0.795. The normalized spacial score (nSPS) is 9.27. The van der Waals surface area contributed by atoms with Crippen LogP contribution in [0.1, 0.15) is 5.56 Å². The Balaban J connectivity index is 0.000000265. The third kappa shape index (κ3) is 7.93. The van der Waals surface area contributed by atoms with E-state index in [1.807, 2.05) is 25.1 Å². The van der Waals surface area contributed by atoms with Crippen LogP contribution in [0, 0.1) is 6.92 Å². The van der Waals surface area contributed by atoms with E-state index in [2.05, 4.69) is 4.74 Å². The van der Waals surface area contributed by atoms with Crippen molar-refractivity contribution in [1.29, 1.82) is 0 Å². The second-order valence-corrected chi connectivity index (χ2v) is 2.85. The summed E-state index contributed by atoms with van der Waals surface area (Å²) >= 11 is 0.